The molecule has 18 heavy (non-hydrogen) atoms. The van der Waals surface area contributed by atoms with Gasteiger partial charge in [0.2, 0.25) is 0 Å². The molecule has 3 nitrogen and oxygen atoms in total. The van der Waals surface area contributed by atoms with Crippen LogP contribution in [0.3, 0.4) is 0 Å². The van der Waals surface area contributed by atoms with E-state index in [0.717, 1.165) is 24.3 Å². The van der Waals surface area contributed by atoms with Crippen molar-refractivity contribution in [3.05, 3.63) is 41.4 Å². The lowest BCUT2D eigenvalue weighted by Crippen LogP contribution is -2.27. The molecule has 0 aliphatic carbocycles. The number of hydrogen-bond acceptors (Lipinski definition) is 3. The average Bonchev–Trinajstić information content (AvgIpc) is 2.33. The third-order valence-corrected chi connectivity index (χ3v) is 3.08. The van der Waals surface area contributed by atoms with Gasteiger partial charge in [-0.2, -0.15) is 0 Å². The SMILES string of the molecule is C=CCN(CCOC)c1ccc(C(C)N)c(Cl)c1. The van der Waals surface area contributed by atoms with E-state index in [2.05, 4.69) is 11.5 Å². The summed E-state index contributed by atoms with van der Waals surface area (Å²) in [5.41, 5.74) is 7.87. The van der Waals surface area contributed by atoms with Gasteiger partial charge in [-0.25, -0.2) is 0 Å². The van der Waals surface area contributed by atoms with Gasteiger partial charge in [0.25, 0.3) is 0 Å². The average molecular weight is 269 g/mol. The van der Waals surface area contributed by atoms with Crippen molar-refractivity contribution < 1.29 is 4.74 Å². The van der Waals surface area contributed by atoms with Crippen LogP contribution in [0.1, 0.15) is 18.5 Å². The van der Waals surface area contributed by atoms with Crippen molar-refractivity contribution in [2.24, 2.45) is 5.73 Å². The largest absolute Gasteiger partial charge is 0.383 e. The maximum atomic E-state index is 6.24. The topological polar surface area (TPSA) is 38.5 Å². The maximum absolute atomic E-state index is 6.24. The van der Waals surface area contributed by atoms with Crippen molar-refractivity contribution in [1.82, 2.24) is 0 Å². The number of benzene rings is 1. The monoisotopic (exact) mass is 268 g/mol. The molecule has 1 aromatic rings. The fourth-order valence-corrected chi connectivity index (χ4v) is 2.11. The van der Waals surface area contributed by atoms with Gasteiger partial charge >= 0.3 is 0 Å². The molecule has 0 fully saturated rings. The number of rotatable bonds is 7. The lowest BCUT2D eigenvalue weighted by Gasteiger charge is -2.24. The highest BCUT2D eigenvalue weighted by atomic mass is 35.5. The summed E-state index contributed by atoms with van der Waals surface area (Å²) in [6, 6.07) is 5.90. The van der Waals surface area contributed by atoms with Crippen LogP contribution in [0.5, 0.6) is 0 Å². The summed E-state index contributed by atoms with van der Waals surface area (Å²) in [7, 11) is 1.69. The van der Waals surface area contributed by atoms with E-state index < -0.39 is 0 Å². The van der Waals surface area contributed by atoms with Crippen LogP contribution in [-0.2, 0) is 4.74 Å². The molecule has 0 bridgehead atoms. The van der Waals surface area contributed by atoms with Gasteiger partial charge in [-0.3, -0.25) is 0 Å². The van der Waals surface area contributed by atoms with Gasteiger partial charge in [-0.1, -0.05) is 23.7 Å². The van der Waals surface area contributed by atoms with Gasteiger partial charge in [-0.15, -0.1) is 6.58 Å². The van der Waals surface area contributed by atoms with Crippen LogP contribution in [0.2, 0.25) is 5.02 Å². The second kappa shape index (κ2) is 7.41. The maximum Gasteiger partial charge on any atom is 0.0637 e. The minimum Gasteiger partial charge on any atom is -0.383 e. The summed E-state index contributed by atoms with van der Waals surface area (Å²) < 4.78 is 5.10. The Hall–Kier alpha value is -1.03. The van der Waals surface area contributed by atoms with E-state index in [1.54, 1.807) is 7.11 Å². The normalized spacial score (nSPS) is 12.2. The molecule has 4 heteroatoms. The zero-order chi connectivity index (χ0) is 13.5. The zero-order valence-corrected chi connectivity index (χ0v) is 11.8. The number of halogens is 1. The van der Waals surface area contributed by atoms with Crippen molar-refractivity contribution in [1.29, 1.82) is 0 Å². The molecule has 0 saturated heterocycles. The van der Waals surface area contributed by atoms with Gasteiger partial charge in [0, 0.05) is 37.0 Å². The molecule has 0 amide bonds. The van der Waals surface area contributed by atoms with Crippen LogP contribution in [-0.4, -0.2) is 26.8 Å². The second-order valence-electron chi connectivity index (χ2n) is 4.22. The summed E-state index contributed by atoms with van der Waals surface area (Å²) in [5.74, 6) is 0. The Morgan fingerprint density at radius 3 is 2.78 bits per heavy atom. The number of nitrogens with two attached hydrogens (primary N) is 1. The molecule has 0 heterocycles. The van der Waals surface area contributed by atoms with Crippen LogP contribution < -0.4 is 10.6 Å². The molecule has 2 N–H and O–H groups in total. The van der Waals surface area contributed by atoms with Gasteiger partial charge in [-0.05, 0) is 24.6 Å². The Bertz CT molecular complexity index is 393. The van der Waals surface area contributed by atoms with Crippen LogP contribution in [0.15, 0.2) is 30.9 Å². The van der Waals surface area contributed by atoms with E-state index in [1.807, 2.05) is 31.2 Å². The van der Waals surface area contributed by atoms with Crippen LogP contribution >= 0.6 is 11.6 Å². The van der Waals surface area contributed by atoms with Gasteiger partial charge in [0.15, 0.2) is 0 Å². The van der Waals surface area contributed by atoms with E-state index in [0.29, 0.717) is 11.6 Å². The highest BCUT2D eigenvalue weighted by Crippen LogP contribution is 2.27. The third-order valence-electron chi connectivity index (χ3n) is 2.75. The minimum absolute atomic E-state index is 0.0571. The first kappa shape index (κ1) is 15.0. The fourth-order valence-electron chi connectivity index (χ4n) is 1.77. The highest BCUT2D eigenvalue weighted by Gasteiger charge is 2.09. The molecule has 1 rings (SSSR count). The van der Waals surface area contributed by atoms with Crippen molar-refractivity contribution in [3.63, 3.8) is 0 Å². The molecule has 1 atom stereocenters. The summed E-state index contributed by atoms with van der Waals surface area (Å²) >= 11 is 6.24. The first-order chi connectivity index (χ1) is 8.60. The van der Waals surface area contributed by atoms with E-state index in [-0.39, 0.29) is 6.04 Å². The van der Waals surface area contributed by atoms with Crippen LogP contribution in [0.25, 0.3) is 0 Å². The molecule has 0 spiro atoms. The standard InChI is InChI=1S/C14H21ClN2O/c1-4-7-17(8-9-18-3)12-5-6-13(11(2)16)14(15)10-12/h4-6,10-11H,1,7-9,16H2,2-3H3. The number of methoxy groups -OCH3 is 1. The lowest BCUT2D eigenvalue weighted by atomic mass is 10.1. The minimum atomic E-state index is -0.0571. The molecule has 0 aromatic heterocycles. The van der Waals surface area contributed by atoms with E-state index in [1.165, 1.54) is 0 Å². The molecule has 0 saturated carbocycles. The molecular formula is C14H21ClN2O. The summed E-state index contributed by atoms with van der Waals surface area (Å²) in [6.07, 6.45) is 1.86. The first-order valence-electron chi connectivity index (χ1n) is 6.00. The molecule has 0 aliphatic heterocycles. The first-order valence-corrected chi connectivity index (χ1v) is 6.37. The Balaban J connectivity index is 2.91. The Morgan fingerprint density at radius 1 is 1.56 bits per heavy atom. The number of hydrogen-bond donors (Lipinski definition) is 1. The van der Waals surface area contributed by atoms with Crippen LogP contribution in [0.4, 0.5) is 5.69 Å². The Morgan fingerprint density at radius 2 is 2.28 bits per heavy atom. The quantitative estimate of drug-likeness (QED) is 0.773. The Kier molecular flexibility index (Phi) is 6.19. The van der Waals surface area contributed by atoms with Gasteiger partial charge in [0.05, 0.1) is 6.61 Å². The third kappa shape index (κ3) is 4.02. The molecular weight excluding hydrogens is 248 g/mol. The molecule has 1 unspecified atom stereocenters. The van der Waals surface area contributed by atoms with Crippen molar-refractivity contribution in [2.45, 2.75) is 13.0 Å². The van der Waals surface area contributed by atoms with Gasteiger partial charge < -0.3 is 15.4 Å². The summed E-state index contributed by atoms with van der Waals surface area (Å²) in [5, 5.41) is 0.703. The number of anilines is 1. The van der Waals surface area contributed by atoms with Crippen molar-refractivity contribution >= 4 is 17.3 Å². The smallest absolute Gasteiger partial charge is 0.0637 e. The summed E-state index contributed by atoms with van der Waals surface area (Å²) in [4.78, 5) is 2.16. The zero-order valence-electron chi connectivity index (χ0n) is 11.0. The van der Waals surface area contributed by atoms with Crippen LogP contribution in [0, 0.1) is 0 Å². The number of nitrogens with zero attached hydrogens (tertiary/aromatic N) is 1. The molecule has 100 valence electrons. The van der Waals surface area contributed by atoms with E-state index in [4.69, 9.17) is 22.1 Å². The molecule has 1 aromatic carbocycles. The predicted octanol–water partition coefficient (Wildman–Crippen LogP) is 3.00. The molecule has 0 radical (unpaired) electrons. The predicted molar refractivity (Wildman–Crippen MR) is 78.3 cm³/mol. The number of ether oxygens (including phenoxy) is 1. The fraction of sp³-hybridized carbons (Fsp3) is 0.429. The molecule has 0 aliphatic rings. The van der Waals surface area contributed by atoms with E-state index >= 15 is 0 Å². The lowest BCUT2D eigenvalue weighted by molar-refractivity contribution is 0.206. The van der Waals surface area contributed by atoms with Crippen molar-refractivity contribution in [2.75, 3.05) is 31.7 Å². The van der Waals surface area contributed by atoms with Crippen molar-refractivity contribution in [3.8, 4) is 0 Å². The highest BCUT2D eigenvalue weighted by molar-refractivity contribution is 6.31. The summed E-state index contributed by atoms with van der Waals surface area (Å²) in [6.45, 7) is 7.92. The van der Waals surface area contributed by atoms with E-state index in [9.17, 15) is 0 Å². The Labute approximate surface area is 114 Å². The second-order valence-corrected chi connectivity index (χ2v) is 4.63. The van der Waals surface area contributed by atoms with Gasteiger partial charge in [0.1, 0.15) is 0 Å².